The summed E-state index contributed by atoms with van der Waals surface area (Å²) in [7, 11) is 0. The molecular weight excluding hydrogens is 283 g/mol. The number of carbonyl (C=O) groups excluding carboxylic acids is 1. The Hall–Kier alpha value is -1.83. The van der Waals surface area contributed by atoms with Gasteiger partial charge in [-0.05, 0) is 18.2 Å². The molecule has 0 aromatic carbocycles. The van der Waals surface area contributed by atoms with Crippen LogP contribution in [-0.4, -0.2) is 29.7 Å². The third-order valence-electron chi connectivity index (χ3n) is 1.93. The summed E-state index contributed by atoms with van der Waals surface area (Å²) in [4.78, 5) is 22.5. The Kier molecular flexibility index (Phi) is 5.11. The third-order valence-corrected chi connectivity index (χ3v) is 2.98. The number of hydrogen-bond acceptors (Lipinski definition) is 3. The molecule has 0 aliphatic rings. The molecule has 19 heavy (non-hydrogen) atoms. The van der Waals surface area contributed by atoms with E-state index >= 15 is 0 Å². The van der Waals surface area contributed by atoms with Gasteiger partial charge in [0, 0.05) is 17.5 Å². The molecule has 0 radical (unpaired) electrons. The van der Waals surface area contributed by atoms with Gasteiger partial charge in [0.05, 0.1) is 11.3 Å². The minimum atomic E-state index is -4.31. The molecule has 8 heteroatoms. The van der Waals surface area contributed by atoms with Gasteiger partial charge >= 0.3 is 12.1 Å². The Morgan fingerprint density at radius 3 is 2.63 bits per heavy atom. The van der Waals surface area contributed by atoms with E-state index in [-0.39, 0.29) is 4.88 Å². The molecule has 0 aliphatic carbocycles. The Bertz CT molecular complexity index is 494. The highest BCUT2D eigenvalue weighted by atomic mass is 32.1. The van der Waals surface area contributed by atoms with E-state index in [1.807, 2.05) is 0 Å². The quantitative estimate of drug-likeness (QED) is 0.820. The van der Waals surface area contributed by atoms with Crippen molar-refractivity contribution in [2.45, 2.75) is 12.6 Å². The Morgan fingerprint density at radius 1 is 1.37 bits per heavy atom. The number of nitrogens with one attached hydrogen (secondary N) is 1. The zero-order chi connectivity index (χ0) is 14.5. The van der Waals surface area contributed by atoms with E-state index in [9.17, 15) is 22.8 Å². The van der Waals surface area contributed by atoms with Crippen LogP contribution >= 0.6 is 11.3 Å². The highest BCUT2D eigenvalue weighted by molar-refractivity contribution is 7.14. The molecule has 2 N–H and O–H groups in total. The van der Waals surface area contributed by atoms with Crippen molar-refractivity contribution < 1.29 is 27.9 Å². The van der Waals surface area contributed by atoms with Gasteiger partial charge in [0.1, 0.15) is 0 Å². The molecule has 0 atom stereocenters. The maximum Gasteiger partial charge on any atom is 0.390 e. The monoisotopic (exact) mass is 293 g/mol. The fourth-order valence-corrected chi connectivity index (χ4v) is 1.95. The number of rotatable bonds is 5. The maximum atomic E-state index is 11.9. The standard InChI is InChI=1S/C11H10F3NO3S/c12-11(13,14)5-6-15-10(18)8-3-1-7(19-8)2-4-9(16)17/h1-4H,5-6H2,(H,15,18)(H,16,17). The fourth-order valence-electron chi connectivity index (χ4n) is 1.12. The first-order valence-electron chi connectivity index (χ1n) is 5.14. The summed E-state index contributed by atoms with van der Waals surface area (Å²) in [6.45, 7) is -0.486. The first-order chi connectivity index (χ1) is 8.78. The van der Waals surface area contributed by atoms with Crippen molar-refractivity contribution in [2.24, 2.45) is 0 Å². The van der Waals surface area contributed by atoms with Gasteiger partial charge < -0.3 is 10.4 Å². The number of alkyl halides is 3. The van der Waals surface area contributed by atoms with Crippen LogP contribution in [0.5, 0.6) is 0 Å². The van der Waals surface area contributed by atoms with E-state index in [0.29, 0.717) is 4.88 Å². The molecule has 104 valence electrons. The van der Waals surface area contributed by atoms with Crippen molar-refractivity contribution in [2.75, 3.05) is 6.54 Å². The normalized spacial score (nSPS) is 11.7. The number of carboxylic acid groups (broad SMARTS) is 1. The van der Waals surface area contributed by atoms with Crippen LogP contribution in [0.2, 0.25) is 0 Å². The van der Waals surface area contributed by atoms with Crippen molar-refractivity contribution in [3.05, 3.63) is 28.0 Å². The molecule has 0 fully saturated rings. The second-order valence-electron chi connectivity index (χ2n) is 3.49. The summed E-state index contributed by atoms with van der Waals surface area (Å²) in [6, 6.07) is 2.94. The van der Waals surface area contributed by atoms with Crippen molar-refractivity contribution in [3.8, 4) is 0 Å². The van der Waals surface area contributed by atoms with Crippen LogP contribution in [0.3, 0.4) is 0 Å². The van der Waals surface area contributed by atoms with Gasteiger partial charge in [-0.1, -0.05) is 0 Å². The largest absolute Gasteiger partial charge is 0.478 e. The molecule has 0 saturated carbocycles. The second kappa shape index (κ2) is 6.37. The van der Waals surface area contributed by atoms with Crippen LogP contribution in [0.4, 0.5) is 13.2 Å². The molecule has 1 heterocycles. The lowest BCUT2D eigenvalue weighted by Gasteiger charge is -2.06. The number of amides is 1. The number of carboxylic acids is 1. The molecule has 1 amide bonds. The summed E-state index contributed by atoms with van der Waals surface area (Å²) in [5.41, 5.74) is 0. The maximum absolute atomic E-state index is 11.9. The third kappa shape index (κ3) is 6.05. The second-order valence-corrected chi connectivity index (χ2v) is 4.61. The molecule has 1 aromatic heterocycles. The fraction of sp³-hybridized carbons (Fsp3) is 0.273. The summed E-state index contributed by atoms with van der Waals surface area (Å²) in [5, 5.41) is 10.6. The number of carbonyl (C=O) groups is 2. The summed E-state index contributed by atoms with van der Waals surface area (Å²) in [5.74, 6) is -1.73. The lowest BCUT2D eigenvalue weighted by molar-refractivity contribution is -0.133. The van der Waals surface area contributed by atoms with Gasteiger partial charge in [-0.25, -0.2) is 4.79 Å². The smallest absolute Gasteiger partial charge is 0.390 e. The highest BCUT2D eigenvalue weighted by Crippen LogP contribution is 2.20. The number of halogens is 3. The van der Waals surface area contributed by atoms with Crippen molar-refractivity contribution >= 4 is 29.3 Å². The Morgan fingerprint density at radius 2 is 2.05 bits per heavy atom. The van der Waals surface area contributed by atoms with E-state index < -0.39 is 31.0 Å². The van der Waals surface area contributed by atoms with E-state index in [1.54, 1.807) is 0 Å². The van der Waals surface area contributed by atoms with Gasteiger partial charge in [-0.15, -0.1) is 11.3 Å². The van der Waals surface area contributed by atoms with Gasteiger partial charge in [-0.3, -0.25) is 4.79 Å². The summed E-state index contributed by atoms with van der Waals surface area (Å²) in [6.07, 6.45) is -3.18. The zero-order valence-electron chi connectivity index (χ0n) is 9.53. The van der Waals surface area contributed by atoms with E-state index in [0.717, 1.165) is 17.4 Å². The SMILES string of the molecule is O=C(O)C=Cc1ccc(C(=O)NCCC(F)(F)F)s1. The lowest BCUT2D eigenvalue weighted by Crippen LogP contribution is -2.27. The van der Waals surface area contributed by atoms with Crippen LogP contribution in [0.25, 0.3) is 6.08 Å². The molecule has 0 saturated heterocycles. The van der Waals surface area contributed by atoms with Gasteiger partial charge in [-0.2, -0.15) is 13.2 Å². The average Bonchev–Trinajstić information content (AvgIpc) is 2.73. The minimum Gasteiger partial charge on any atom is -0.478 e. The molecule has 0 spiro atoms. The van der Waals surface area contributed by atoms with Crippen LogP contribution in [0.1, 0.15) is 21.0 Å². The van der Waals surface area contributed by atoms with Crippen molar-refractivity contribution in [1.29, 1.82) is 0 Å². The predicted molar refractivity (Wildman–Crippen MR) is 64.0 cm³/mol. The first-order valence-corrected chi connectivity index (χ1v) is 5.95. The van der Waals surface area contributed by atoms with Crippen LogP contribution in [0.15, 0.2) is 18.2 Å². The van der Waals surface area contributed by atoms with Crippen molar-refractivity contribution in [1.82, 2.24) is 5.32 Å². The van der Waals surface area contributed by atoms with Crippen LogP contribution in [0, 0.1) is 0 Å². The summed E-state index contributed by atoms with van der Waals surface area (Å²) >= 11 is 0.997. The van der Waals surface area contributed by atoms with Crippen molar-refractivity contribution in [3.63, 3.8) is 0 Å². The van der Waals surface area contributed by atoms with Crippen LogP contribution in [-0.2, 0) is 4.79 Å². The topological polar surface area (TPSA) is 66.4 Å². The van der Waals surface area contributed by atoms with E-state index in [2.05, 4.69) is 5.32 Å². The number of hydrogen-bond donors (Lipinski definition) is 2. The minimum absolute atomic E-state index is 0.229. The highest BCUT2D eigenvalue weighted by Gasteiger charge is 2.26. The Balaban J connectivity index is 2.52. The molecular formula is C11H10F3NO3S. The molecule has 0 bridgehead atoms. The molecule has 4 nitrogen and oxygen atoms in total. The zero-order valence-corrected chi connectivity index (χ0v) is 10.3. The molecule has 0 aliphatic heterocycles. The van der Waals surface area contributed by atoms with Gasteiger partial charge in [0.25, 0.3) is 5.91 Å². The first kappa shape index (κ1) is 15.2. The summed E-state index contributed by atoms with van der Waals surface area (Å²) < 4.78 is 35.6. The molecule has 1 rings (SSSR count). The number of aliphatic carboxylic acids is 1. The molecule has 0 unspecified atom stereocenters. The average molecular weight is 293 g/mol. The molecule has 1 aromatic rings. The van der Waals surface area contributed by atoms with E-state index in [1.165, 1.54) is 18.2 Å². The van der Waals surface area contributed by atoms with Crippen LogP contribution < -0.4 is 5.32 Å². The van der Waals surface area contributed by atoms with Gasteiger partial charge in [0.15, 0.2) is 0 Å². The lowest BCUT2D eigenvalue weighted by atomic mass is 10.3. The Labute approximate surface area is 110 Å². The van der Waals surface area contributed by atoms with Gasteiger partial charge in [0.2, 0.25) is 0 Å². The van der Waals surface area contributed by atoms with E-state index in [4.69, 9.17) is 5.11 Å². The predicted octanol–water partition coefficient (Wildman–Crippen LogP) is 2.53. The number of thiophene rings is 1.